The number of nitrogens with zero attached hydrogens (tertiary/aromatic N) is 1. The molecule has 2 aliphatic heterocycles. The number of hydrogen-bond donors (Lipinski definition) is 1. The van der Waals surface area contributed by atoms with E-state index in [0.717, 1.165) is 28.3 Å². The van der Waals surface area contributed by atoms with Crippen molar-refractivity contribution >= 4 is 17.4 Å². The molecule has 2 amide bonds. The highest BCUT2D eigenvalue weighted by Crippen LogP contribution is 2.22. The van der Waals surface area contributed by atoms with Crippen LogP contribution in [0.25, 0.3) is 5.57 Å². The normalized spacial score (nSPS) is 18.9. The van der Waals surface area contributed by atoms with E-state index in [1.165, 1.54) is 0 Å². The van der Waals surface area contributed by atoms with Gasteiger partial charge in [-0.05, 0) is 18.6 Å². The Balaban J connectivity index is 2.24. The zero-order valence-corrected chi connectivity index (χ0v) is 9.36. The first-order valence-corrected chi connectivity index (χ1v) is 5.74. The molecule has 4 rings (SSSR count). The Labute approximate surface area is 102 Å². The minimum absolute atomic E-state index is 0.324. The largest absolute Gasteiger partial charge is 0.288 e. The lowest BCUT2D eigenvalue weighted by Crippen LogP contribution is -2.31. The van der Waals surface area contributed by atoms with E-state index in [-0.39, 0.29) is 11.8 Å². The second-order valence-corrected chi connectivity index (χ2v) is 4.42. The Morgan fingerprint density at radius 3 is 2.94 bits per heavy atom. The van der Waals surface area contributed by atoms with Gasteiger partial charge in [-0.2, -0.15) is 0 Å². The molecule has 1 N–H and O–H groups in total. The van der Waals surface area contributed by atoms with Crippen LogP contribution in [0.4, 0.5) is 0 Å². The van der Waals surface area contributed by atoms with Gasteiger partial charge in [0.25, 0.3) is 11.8 Å². The summed E-state index contributed by atoms with van der Waals surface area (Å²) in [5.41, 5.74) is 2.75. The van der Waals surface area contributed by atoms with Crippen LogP contribution in [0.5, 0.6) is 0 Å². The van der Waals surface area contributed by atoms with Gasteiger partial charge in [-0.1, -0.05) is 18.2 Å². The van der Waals surface area contributed by atoms with E-state index in [4.69, 9.17) is 0 Å². The number of amides is 2. The van der Waals surface area contributed by atoms with Gasteiger partial charge in [0.2, 0.25) is 0 Å². The summed E-state index contributed by atoms with van der Waals surface area (Å²) in [6.07, 6.45) is 6.87. The fraction of sp³-hybridized carbons (Fsp3) is 0.0714. The quantitative estimate of drug-likeness (QED) is 0.654. The second kappa shape index (κ2) is 3.04. The van der Waals surface area contributed by atoms with Crippen molar-refractivity contribution in [3.05, 3.63) is 57.8 Å². The number of imide groups is 1. The first-order valence-electron chi connectivity index (χ1n) is 5.74. The third-order valence-electron chi connectivity index (χ3n) is 3.40. The smallest absolute Gasteiger partial charge is 0.259 e. The molecule has 2 heterocycles. The molecule has 1 aromatic rings. The topological polar surface area (TPSA) is 58.5 Å². The van der Waals surface area contributed by atoms with Crippen molar-refractivity contribution in [2.24, 2.45) is 4.99 Å². The molecule has 3 aliphatic rings. The number of nitrogens with one attached hydrogen (secondary N) is 1. The molecular weight excluding hydrogens is 228 g/mol. The van der Waals surface area contributed by atoms with Gasteiger partial charge in [0.15, 0.2) is 0 Å². The number of allylic oxidation sites excluding steroid dienone is 3. The summed E-state index contributed by atoms with van der Waals surface area (Å²) >= 11 is 0. The molecule has 86 valence electrons. The van der Waals surface area contributed by atoms with E-state index >= 15 is 0 Å². The summed E-state index contributed by atoms with van der Waals surface area (Å²) in [5.74, 6) is -0.648. The van der Waals surface area contributed by atoms with Crippen LogP contribution < -0.4 is 15.9 Å². The molecule has 0 radical (unpaired) electrons. The van der Waals surface area contributed by atoms with Crippen LogP contribution in [0, 0.1) is 0 Å². The summed E-state index contributed by atoms with van der Waals surface area (Å²) in [5, 5.41) is 3.89. The fourth-order valence-corrected chi connectivity index (χ4v) is 2.62. The maximum Gasteiger partial charge on any atom is 0.259 e. The minimum Gasteiger partial charge on any atom is -0.288 e. The lowest BCUT2D eigenvalue weighted by Gasteiger charge is -2.03. The Hall–Kier alpha value is -2.49. The highest BCUT2D eigenvalue weighted by atomic mass is 16.2. The second-order valence-electron chi connectivity index (χ2n) is 4.42. The van der Waals surface area contributed by atoms with Crippen molar-refractivity contribution in [3.63, 3.8) is 0 Å². The summed E-state index contributed by atoms with van der Waals surface area (Å²) in [7, 11) is 0. The molecule has 0 spiro atoms. The van der Waals surface area contributed by atoms with Crippen LogP contribution in [0.3, 0.4) is 0 Å². The number of hydrogen-bond acceptors (Lipinski definition) is 3. The predicted octanol–water partition coefficient (Wildman–Crippen LogP) is 0.198. The molecule has 0 fully saturated rings. The van der Waals surface area contributed by atoms with Gasteiger partial charge in [0.1, 0.15) is 0 Å². The fourth-order valence-electron chi connectivity index (χ4n) is 2.62. The van der Waals surface area contributed by atoms with Gasteiger partial charge < -0.3 is 0 Å². The summed E-state index contributed by atoms with van der Waals surface area (Å²) in [4.78, 5) is 28.0. The van der Waals surface area contributed by atoms with Gasteiger partial charge in [0, 0.05) is 10.8 Å². The summed E-state index contributed by atoms with van der Waals surface area (Å²) < 4.78 is 0. The number of rotatable bonds is 0. The van der Waals surface area contributed by atoms with E-state index in [9.17, 15) is 9.59 Å². The maximum absolute atomic E-state index is 11.9. The average Bonchev–Trinajstić information content (AvgIpc) is 2.87. The van der Waals surface area contributed by atoms with Crippen molar-refractivity contribution in [2.75, 3.05) is 0 Å². The van der Waals surface area contributed by atoms with E-state index in [1.807, 2.05) is 18.2 Å². The van der Waals surface area contributed by atoms with E-state index < -0.39 is 0 Å². The van der Waals surface area contributed by atoms with Crippen molar-refractivity contribution in [1.82, 2.24) is 5.32 Å². The van der Waals surface area contributed by atoms with Crippen LogP contribution in [0.15, 0.2) is 41.1 Å². The molecule has 4 heteroatoms. The molecule has 0 bridgehead atoms. The molecule has 0 unspecified atom stereocenters. The van der Waals surface area contributed by atoms with Gasteiger partial charge >= 0.3 is 0 Å². The van der Waals surface area contributed by atoms with Gasteiger partial charge in [0.05, 0.1) is 22.2 Å². The number of carbonyl (C=O) groups is 2. The molecule has 1 aromatic carbocycles. The zero-order valence-electron chi connectivity index (χ0n) is 9.36. The first kappa shape index (κ1) is 9.53. The van der Waals surface area contributed by atoms with Gasteiger partial charge in [-0.3, -0.25) is 14.9 Å². The Morgan fingerprint density at radius 1 is 1.17 bits per heavy atom. The van der Waals surface area contributed by atoms with Crippen molar-refractivity contribution < 1.29 is 9.59 Å². The lowest BCUT2D eigenvalue weighted by molar-refractivity contribution is 0.0879. The Morgan fingerprint density at radius 2 is 2.06 bits per heavy atom. The van der Waals surface area contributed by atoms with Crippen LogP contribution in [0.1, 0.15) is 27.1 Å². The average molecular weight is 236 g/mol. The van der Waals surface area contributed by atoms with Crippen LogP contribution >= 0.6 is 0 Å². The first-order chi connectivity index (χ1) is 8.75. The standard InChI is InChI=1S/C14H8N2O2/c17-13-8-5-6-10-11(12(8)14(18)16-13)7-3-1-2-4-9(7)15-10/h1,3-6H,2H2,(H,16,17,18). The van der Waals surface area contributed by atoms with E-state index in [1.54, 1.807) is 12.1 Å². The third-order valence-corrected chi connectivity index (χ3v) is 3.40. The van der Waals surface area contributed by atoms with E-state index in [0.29, 0.717) is 11.1 Å². The number of benzene rings is 1. The number of fused-ring (bicyclic) bond motifs is 4. The van der Waals surface area contributed by atoms with Crippen LogP contribution in [-0.4, -0.2) is 11.8 Å². The Bertz CT molecular complexity index is 813. The van der Waals surface area contributed by atoms with E-state index in [2.05, 4.69) is 10.3 Å². The summed E-state index contributed by atoms with van der Waals surface area (Å²) in [6.45, 7) is 0. The third kappa shape index (κ3) is 1.02. The summed E-state index contributed by atoms with van der Waals surface area (Å²) in [6, 6.07) is 3.46. The van der Waals surface area contributed by atoms with Crippen molar-refractivity contribution in [3.8, 4) is 0 Å². The highest BCUT2D eigenvalue weighted by Gasteiger charge is 2.30. The van der Waals surface area contributed by atoms with Gasteiger partial charge in [-0.25, -0.2) is 4.99 Å². The zero-order chi connectivity index (χ0) is 12.3. The van der Waals surface area contributed by atoms with Crippen LogP contribution in [-0.2, 0) is 0 Å². The lowest BCUT2D eigenvalue weighted by atomic mass is 10.00. The predicted molar refractivity (Wildman–Crippen MR) is 64.3 cm³/mol. The molecule has 4 nitrogen and oxygen atoms in total. The molecule has 1 aliphatic carbocycles. The van der Waals surface area contributed by atoms with Crippen LogP contribution in [0.2, 0.25) is 0 Å². The molecular formula is C14H8N2O2. The molecule has 0 saturated carbocycles. The SMILES string of the molecule is O=C1NC(=O)c2c1ccc1c2=C2C=CCC=C2N=1. The van der Waals surface area contributed by atoms with Crippen molar-refractivity contribution in [1.29, 1.82) is 0 Å². The molecule has 0 saturated heterocycles. The molecule has 0 aromatic heterocycles. The van der Waals surface area contributed by atoms with Crippen molar-refractivity contribution in [2.45, 2.75) is 6.42 Å². The number of carbonyl (C=O) groups excluding carboxylic acids is 2. The molecule has 0 atom stereocenters. The Kier molecular flexibility index (Phi) is 1.61. The minimum atomic E-state index is -0.324. The maximum atomic E-state index is 11.9. The molecule has 18 heavy (non-hydrogen) atoms. The van der Waals surface area contributed by atoms with Gasteiger partial charge in [-0.15, -0.1) is 0 Å². The highest BCUT2D eigenvalue weighted by molar-refractivity contribution is 6.21. The monoisotopic (exact) mass is 236 g/mol.